The summed E-state index contributed by atoms with van der Waals surface area (Å²) in [6.45, 7) is 7.59. The van der Waals surface area contributed by atoms with Crippen LogP contribution in [-0.2, 0) is 15.5 Å². The smallest absolute Gasteiger partial charge is 0.407 e. The largest absolute Gasteiger partial charge is 0.444 e. The molecule has 2 rings (SSSR count). The quantitative estimate of drug-likeness (QED) is 0.818. The first-order valence-electron chi connectivity index (χ1n) is 9.39. The molecular weight excluding hydrogens is 368 g/mol. The average Bonchev–Trinajstić information content (AvgIpc) is 2.59. The highest BCUT2D eigenvalue weighted by Crippen LogP contribution is 2.32. The summed E-state index contributed by atoms with van der Waals surface area (Å²) in [5, 5.41) is 2.75. The molecule has 156 valence electrons. The van der Waals surface area contributed by atoms with Crippen LogP contribution in [0.3, 0.4) is 0 Å². The highest BCUT2D eigenvalue weighted by atomic mass is 19.3. The topological polar surface area (TPSA) is 84.7 Å². The van der Waals surface area contributed by atoms with Crippen molar-refractivity contribution in [3.63, 3.8) is 0 Å². The number of hydrogen-bond acceptors (Lipinski definition) is 4. The Balaban J connectivity index is 1.92. The van der Waals surface area contributed by atoms with Crippen molar-refractivity contribution in [1.82, 2.24) is 10.2 Å². The number of nitrogens with two attached hydrogens (primary N) is 1. The van der Waals surface area contributed by atoms with Crippen LogP contribution in [0.2, 0.25) is 0 Å². The molecule has 1 heterocycles. The van der Waals surface area contributed by atoms with E-state index in [1.54, 1.807) is 39.8 Å². The van der Waals surface area contributed by atoms with E-state index < -0.39 is 29.6 Å². The van der Waals surface area contributed by atoms with Crippen LogP contribution in [0.25, 0.3) is 0 Å². The van der Waals surface area contributed by atoms with E-state index in [4.69, 9.17) is 10.5 Å². The summed E-state index contributed by atoms with van der Waals surface area (Å²) in [5.41, 5.74) is 5.62. The number of halogens is 2. The van der Waals surface area contributed by atoms with Crippen LogP contribution in [0.1, 0.15) is 44.7 Å². The molecule has 0 aromatic heterocycles. The first-order chi connectivity index (χ1) is 12.9. The molecule has 1 aromatic carbocycles. The number of ether oxygens (including phenoxy) is 1. The molecule has 0 bridgehead atoms. The van der Waals surface area contributed by atoms with E-state index in [1.165, 1.54) is 17.0 Å². The fourth-order valence-corrected chi connectivity index (χ4v) is 3.03. The Labute approximate surface area is 164 Å². The number of carbonyl (C=O) groups excluding carboxylic acids is 2. The highest BCUT2D eigenvalue weighted by molar-refractivity contribution is 5.83. The lowest BCUT2D eigenvalue weighted by molar-refractivity contribution is -0.144. The van der Waals surface area contributed by atoms with Gasteiger partial charge < -0.3 is 20.7 Å². The maximum Gasteiger partial charge on any atom is 0.407 e. The number of likely N-dealkylation sites (tertiary alicyclic amines) is 1. The molecule has 2 amide bonds. The molecule has 8 heteroatoms. The summed E-state index contributed by atoms with van der Waals surface area (Å²) >= 11 is 0. The number of alkyl carbamates (subject to hydrolysis) is 1. The molecule has 1 saturated heterocycles. The van der Waals surface area contributed by atoms with Crippen LogP contribution in [0, 0.1) is 6.92 Å². The summed E-state index contributed by atoms with van der Waals surface area (Å²) in [6.07, 6.45) is 0.376. The van der Waals surface area contributed by atoms with Crippen molar-refractivity contribution in [3.8, 4) is 0 Å². The van der Waals surface area contributed by atoms with E-state index in [-0.39, 0.29) is 24.7 Å². The van der Waals surface area contributed by atoms with Gasteiger partial charge in [-0.2, -0.15) is 8.78 Å². The second-order valence-electron chi connectivity index (χ2n) is 8.21. The number of carbonyl (C=O) groups is 2. The SMILES string of the molecule is Cc1ccc(C(F)(F)C(N)C(=O)N2CCC(NC(=O)OC(C)(C)C)CC2)cc1. The van der Waals surface area contributed by atoms with E-state index in [9.17, 15) is 18.4 Å². The predicted octanol–water partition coefficient (Wildman–Crippen LogP) is 2.93. The number of aryl methyl sites for hydroxylation is 1. The molecule has 0 spiro atoms. The van der Waals surface area contributed by atoms with E-state index in [0.717, 1.165) is 5.56 Å². The molecular formula is C20H29F2N3O3. The number of amides is 2. The molecule has 0 radical (unpaired) electrons. The minimum absolute atomic E-state index is 0.173. The van der Waals surface area contributed by atoms with Crippen LogP contribution >= 0.6 is 0 Å². The normalized spacial score (nSPS) is 17.2. The van der Waals surface area contributed by atoms with E-state index in [2.05, 4.69) is 5.32 Å². The number of piperidine rings is 1. The van der Waals surface area contributed by atoms with E-state index in [0.29, 0.717) is 12.8 Å². The third-order valence-corrected chi connectivity index (χ3v) is 4.62. The Morgan fingerprint density at radius 2 is 1.71 bits per heavy atom. The molecule has 1 aliphatic heterocycles. The number of benzene rings is 1. The Bertz CT molecular complexity index is 694. The van der Waals surface area contributed by atoms with E-state index in [1.807, 2.05) is 0 Å². The van der Waals surface area contributed by atoms with Crippen molar-refractivity contribution in [2.24, 2.45) is 5.73 Å². The first kappa shape index (κ1) is 22.1. The van der Waals surface area contributed by atoms with Crippen LogP contribution in [0.4, 0.5) is 13.6 Å². The van der Waals surface area contributed by atoms with Crippen LogP contribution in [0.15, 0.2) is 24.3 Å². The van der Waals surface area contributed by atoms with Crippen molar-refractivity contribution in [1.29, 1.82) is 0 Å². The zero-order chi connectivity index (χ0) is 21.1. The van der Waals surface area contributed by atoms with Crippen molar-refractivity contribution in [3.05, 3.63) is 35.4 Å². The molecule has 0 aliphatic carbocycles. The lowest BCUT2D eigenvalue weighted by atomic mass is 9.98. The van der Waals surface area contributed by atoms with Crippen LogP contribution < -0.4 is 11.1 Å². The Morgan fingerprint density at radius 1 is 1.18 bits per heavy atom. The fraction of sp³-hybridized carbons (Fsp3) is 0.600. The number of nitrogens with zero attached hydrogens (tertiary/aromatic N) is 1. The summed E-state index contributed by atoms with van der Waals surface area (Å²) in [5.74, 6) is -4.25. The van der Waals surface area contributed by atoms with Gasteiger partial charge in [0, 0.05) is 24.7 Å². The Kier molecular flexibility index (Phi) is 6.64. The third kappa shape index (κ3) is 5.64. The van der Waals surface area contributed by atoms with Crippen molar-refractivity contribution < 1.29 is 23.1 Å². The molecule has 3 N–H and O–H groups in total. The molecule has 1 unspecified atom stereocenters. The second-order valence-corrected chi connectivity index (χ2v) is 8.21. The van der Waals surface area contributed by atoms with Crippen molar-refractivity contribution in [2.75, 3.05) is 13.1 Å². The predicted molar refractivity (Wildman–Crippen MR) is 102 cm³/mol. The van der Waals surface area contributed by atoms with Gasteiger partial charge in [-0.1, -0.05) is 29.8 Å². The van der Waals surface area contributed by atoms with Gasteiger partial charge in [-0.25, -0.2) is 4.79 Å². The first-order valence-corrected chi connectivity index (χ1v) is 9.39. The van der Waals surface area contributed by atoms with Gasteiger partial charge in [-0.3, -0.25) is 4.79 Å². The molecule has 1 aliphatic rings. The van der Waals surface area contributed by atoms with E-state index >= 15 is 0 Å². The highest BCUT2D eigenvalue weighted by Gasteiger charge is 2.45. The number of alkyl halides is 2. The van der Waals surface area contributed by atoms with Gasteiger partial charge in [0.05, 0.1) is 0 Å². The zero-order valence-electron chi connectivity index (χ0n) is 16.8. The van der Waals surface area contributed by atoms with Crippen LogP contribution in [0.5, 0.6) is 0 Å². The third-order valence-electron chi connectivity index (χ3n) is 4.62. The zero-order valence-corrected chi connectivity index (χ0v) is 16.8. The maximum atomic E-state index is 14.6. The Morgan fingerprint density at radius 3 is 2.21 bits per heavy atom. The lowest BCUT2D eigenvalue weighted by Gasteiger charge is -2.35. The lowest BCUT2D eigenvalue weighted by Crippen LogP contribution is -2.55. The number of rotatable bonds is 4. The number of hydrogen-bond donors (Lipinski definition) is 2. The van der Waals surface area contributed by atoms with Gasteiger partial charge in [-0.15, -0.1) is 0 Å². The van der Waals surface area contributed by atoms with Crippen molar-refractivity contribution >= 4 is 12.0 Å². The fourth-order valence-electron chi connectivity index (χ4n) is 3.03. The minimum atomic E-state index is -3.46. The van der Waals surface area contributed by atoms with Crippen LogP contribution in [-0.4, -0.2) is 47.7 Å². The van der Waals surface area contributed by atoms with Gasteiger partial charge in [0.2, 0.25) is 5.91 Å². The van der Waals surface area contributed by atoms with Crippen molar-refractivity contribution in [2.45, 2.75) is 64.1 Å². The summed E-state index contributed by atoms with van der Waals surface area (Å²) in [7, 11) is 0. The second kappa shape index (κ2) is 8.43. The summed E-state index contributed by atoms with van der Waals surface area (Å²) < 4.78 is 34.5. The minimum Gasteiger partial charge on any atom is -0.444 e. The van der Waals surface area contributed by atoms with Gasteiger partial charge in [-0.05, 0) is 40.5 Å². The number of nitrogens with one attached hydrogen (secondary N) is 1. The van der Waals surface area contributed by atoms with Gasteiger partial charge >= 0.3 is 6.09 Å². The van der Waals surface area contributed by atoms with Gasteiger partial charge in [0.15, 0.2) is 6.04 Å². The van der Waals surface area contributed by atoms with Gasteiger partial charge in [0.25, 0.3) is 5.92 Å². The molecule has 1 aromatic rings. The van der Waals surface area contributed by atoms with Gasteiger partial charge in [0.1, 0.15) is 5.60 Å². The molecule has 1 fully saturated rings. The summed E-state index contributed by atoms with van der Waals surface area (Å²) in [4.78, 5) is 25.7. The average molecular weight is 397 g/mol. The molecule has 1 atom stereocenters. The Hall–Kier alpha value is -2.22. The molecule has 0 saturated carbocycles. The standard InChI is InChI=1S/C20H29F2N3O3/c1-13-5-7-14(8-6-13)20(21,22)16(23)17(26)25-11-9-15(10-12-25)24-18(27)28-19(2,3)4/h5-8,15-16H,9-12,23H2,1-4H3,(H,24,27). The monoisotopic (exact) mass is 397 g/mol. The molecule has 6 nitrogen and oxygen atoms in total. The molecule has 28 heavy (non-hydrogen) atoms. The maximum absolute atomic E-state index is 14.6. The summed E-state index contributed by atoms with van der Waals surface area (Å²) in [6, 6.07) is 3.58.